The Labute approximate surface area is 103 Å². The lowest BCUT2D eigenvalue weighted by Gasteiger charge is -2.40. The van der Waals surface area contributed by atoms with Crippen LogP contribution in [0.15, 0.2) is 24.5 Å². The normalized spacial score (nSPS) is 20.7. The molecule has 0 radical (unpaired) electrons. The van der Waals surface area contributed by atoms with Gasteiger partial charge in [0.15, 0.2) is 0 Å². The molecule has 0 amide bonds. The molecule has 2 rings (SSSR count). The first kappa shape index (κ1) is 12.5. The van der Waals surface area contributed by atoms with E-state index in [-0.39, 0.29) is 0 Å². The highest BCUT2D eigenvalue weighted by Gasteiger charge is 2.32. The van der Waals surface area contributed by atoms with Crippen molar-refractivity contribution in [1.82, 2.24) is 9.88 Å². The summed E-state index contributed by atoms with van der Waals surface area (Å²) in [7, 11) is 0. The molecule has 17 heavy (non-hydrogen) atoms. The molecule has 1 fully saturated rings. The van der Waals surface area contributed by atoms with Crippen LogP contribution in [0, 0.1) is 0 Å². The summed E-state index contributed by atoms with van der Waals surface area (Å²) < 4.78 is 0. The maximum atomic E-state index is 10.6. The number of rotatable bonds is 3. The van der Waals surface area contributed by atoms with Gasteiger partial charge in [-0.2, -0.15) is 0 Å². The molecule has 1 saturated heterocycles. The van der Waals surface area contributed by atoms with Crippen LogP contribution in [0.5, 0.6) is 0 Å². The third-order valence-electron chi connectivity index (χ3n) is 3.74. The number of pyridine rings is 1. The molecule has 0 spiro atoms. The average Bonchev–Trinajstić information content (AvgIpc) is 2.30. The number of aliphatic hydroxyl groups is 1. The second-order valence-corrected chi connectivity index (χ2v) is 5.39. The number of hydrogen-bond donors (Lipinski definition) is 1. The van der Waals surface area contributed by atoms with Crippen molar-refractivity contribution in [2.75, 3.05) is 13.1 Å². The van der Waals surface area contributed by atoms with Gasteiger partial charge in [-0.25, -0.2) is 0 Å². The first-order valence-electron chi connectivity index (χ1n) is 6.44. The topological polar surface area (TPSA) is 36.4 Å². The van der Waals surface area contributed by atoms with Gasteiger partial charge in [-0.1, -0.05) is 0 Å². The Balaban J connectivity index is 1.94. The third kappa shape index (κ3) is 3.27. The van der Waals surface area contributed by atoms with Crippen LogP contribution in [-0.2, 0) is 6.42 Å². The van der Waals surface area contributed by atoms with Crippen LogP contribution >= 0.6 is 0 Å². The van der Waals surface area contributed by atoms with Crippen molar-refractivity contribution >= 4 is 0 Å². The SMILES string of the molecule is CC(C)N1CCC(O)(Cc2ccncc2)CC1. The van der Waals surface area contributed by atoms with E-state index in [4.69, 9.17) is 0 Å². The summed E-state index contributed by atoms with van der Waals surface area (Å²) >= 11 is 0. The molecule has 3 heteroatoms. The van der Waals surface area contributed by atoms with Crippen LogP contribution in [0.1, 0.15) is 32.3 Å². The van der Waals surface area contributed by atoms with Gasteiger partial charge in [0, 0.05) is 37.9 Å². The summed E-state index contributed by atoms with van der Waals surface area (Å²) in [5.74, 6) is 0. The molecule has 2 heterocycles. The van der Waals surface area contributed by atoms with Gasteiger partial charge in [-0.3, -0.25) is 4.98 Å². The number of aromatic nitrogens is 1. The molecule has 3 nitrogen and oxygen atoms in total. The Morgan fingerprint density at radius 2 is 1.88 bits per heavy atom. The van der Waals surface area contributed by atoms with Gasteiger partial charge in [0.2, 0.25) is 0 Å². The van der Waals surface area contributed by atoms with Crippen LogP contribution in [0.4, 0.5) is 0 Å². The summed E-state index contributed by atoms with van der Waals surface area (Å²) in [6.07, 6.45) is 6.08. The molecule has 0 aliphatic carbocycles. The van der Waals surface area contributed by atoms with Crippen molar-refractivity contribution < 1.29 is 5.11 Å². The molecule has 0 bridgehead atoms. The van der Waals surface area contributed by atoms with Gasteiger partial charge in [-0.15, -0.1) is 0 Å². The molecule has 0 saturated carbocycles. The van der Waals surface area contributed by atoms with Crippen molar-refractivity contribution in [3.05, 3.63) is 30.1 Å². The minimum Gasteiger partial charge on any atom is -0.389 e. The monoisotopic (exact) mass is 234 g/mol. The zero-order valence-electron chi connectivity index (χ0n) is 10.8. The van der Waals surface area contributed by atoms with Crippen LogP contribution in [0.3, 0.4) is 0 Å². The maximum absolute atomic E-state index is 10.6. The number of piperidine rings is 1. The van der Waals surface area contributed by atoms with Gasteiger partial charge in [0.1, 0.15) is 0 Å². The summed E-state index contributed by atoms with van der Waals surface area (Å²) in [5.41, 5.74) is 0.660. The first-order chi connectivity index (χ1) is 8.09. The second kappa shape index (κ2) is 5.15. The lowest BCUT2D eigenvalue weighted by atomic mass is 9.85. The zero-order valence-corrected chi connectivity index (χ0v) is 10.8. The third-order valence-corrected chi connectivity index (χ3v) is 3.74. The van der Waals surface area contributed by atoms with Crippen LogP contribution in [0.25, 0.3) is 0 Å². The van der Waals surface area contributed by atoms with E-state index in [9.17, 15) is 5.11 Å². The van der Waals surface area contributed by atoms with Gasteiger partial charge in [-0.05, 0) is 44.4 Å². The number of nitrogens with zero attached hydrogens (tertiary/aromatic N) is 2. The Hall–Kier alpha value is -0.930. The van der Waals surface area contributed by atoms with Gasteiger partial charge < -0.3 is 10.0 Å². The smallest absolute Gasteiger partial charge is 0.0712 e. The standard InChI is InChI=1S/C14H22N2O/c1-12(2)16-9-5-14(17,6-10-16)11-13-3-7-15-8-4-13/h3-4,7-8,12,17H,5-6,9-11H2,1-2H3. The van der Waals surface area contributed by atoms with Crippen molar-refractivity contribution in [1.29, 1.82) is 0 Å². The molecule has 94 valence electrons. The lowest BCUT2D eigenvalue weighted by molar-refractivity contribution is -0.0271. The second-order valence-electron chi connectivity index (χ2n) is 5.39. The zero-order chi connectivity index (χ0) is 12.3. The van der Waals surface area contributed by atoms with E-state index in [0.717, 1.165) is 32.4 Å². The lowest BCUT2D eigenvalue weighted by Crippen LogP contribution is -2.47. The van der Waals surface area contributed by atoms with Crippen LogP contribution < -0.4 is 0 Å². The van der Waals surface area contributed by atoms with E-state index in [0.29, 0.717) is 6.04 Å². The van der Waals surface area contributed by atoms with E-state index in [2.05, 4.69) is 23.7 Å². The Bertz CT molecular complexity index is 342. The van der Waals surface area contributed by atoms with Gasteiger partial charge in [0.05, 0.1) is 5.60 Å². The molecule has 1 aromatic rings. The molecule has 0 aromatic carbocycles. The predicted octanol–water partition coefficient (Wildman–Crippen LogP) is 1.86. The van der Waals surface area contributed by atoms with E-state index >= 15 is 0 Å². The van der Waals surface area contributed by atoms with Gasteiger partial charge >= 0.3 is 0 Å². The quantitative estimate of drug-likeness (QED) is 0.867. The Morgan fingerprint density at radius 3 is 2.41 bits per heavy atom. The first-order valence-corrected chi connectivity index (χ1v) is 6.44. The molecule has 1 aromatic heterocycles. The fraction of sp³-hybridized carbons (Fsp3) is 0.643. The average molecular weight is 234 g/mol. The number of likely N-dealkylation sites (tertiary alicyclic amines) is 1. The van der Waals surface area contributed by atoms with Crippen LogP contribution in [-0.4, -0.2) is 39.7 Å². The summed E-state index contributed by atoms with van der Waals surface area (Å²) in [4.78, 5) is 6.44. The molecule has 1 aliphatic rings. The number of hydrogen-bond acceptors (Lipinski definition) is 3. The molecule has 0 unspecified atom stereocenters. The highest BCUT2D eigenvalue weighted by molar-refractivity contribution is 5.13. The Kier molecular flexibility index (Phi) is 3.79. The van der Waals surface area contributed by atoms with E-state index in [1.807, 2.05) is 12.1 Å². The van der Waals surface area contributed by atoms with Crippen LogP contribution in [0.2, 0.25) is 0 Å². The van der Waals surface area contributed by atoms with E-state index in [1.165, 1.54) is 5.56 Å². The van der Waals surface area contributed by atoms with Crippen molar-refractivity contribution in [2.24, 2.45) is 0 Å². The maximum Gasteiger partial charge on any atom is 0.0712 e. The van der Waals surface area contributed by atoms with Gasteiger partial charge in [0.25, 0.3) is 0 Å². The summed E-state index contributed by atoms with van der Waals surface area (Å²) in [6.45, 7) is 6.43. The molecular weight excluding hydrogens is 212 g/mol. The van der Waals surface area contributed by atoms with Crippen molar-refractivity contribution in [3.63, 3.8) is 0 Å². The highest BCUT2D eigenvalue weighted by atomic mass is 16.3. The molecule has 0 atom stereocenters. The van der Waals surface area contributed by atoms with Crippen molar-refractivity contribution in [2.45, 2.75) is 44.8 Å². The summed E-state index contributed by atoms with van der Waals surface area (Å²) in [5, 5.41) is 10.6. The van der Waals surface area contributed by atoms with E-state index in [1.54, 1.807) is 12.4 Å². The predicted molar refractivity (Wildman–Crippen MR) is 68.8 cm³/mol. The minimum absolute atomic E-state index is 0.521. The molecule has 1 aliphatic heterocycles. The fourth-order valence-electron chi connectivity index (χ4n) is 2.51. The van der Waals surface area contributed by atoms with Crippen molar-refractivity contribution in [3.8, 4) is 0 Å². The fourth-order valence-corrected chi connectivity index (χ4v) is 2.51. The largest absolute Gasteiger partial charge is 0.389 e. The molecular formula is C14H22N2O. The highest BCUT2D eigenvalue weighted by Crippen LogP contribution is 2.26. The summed E-state index contributed by atoms with van der Waals surface area (Å²) in [6, 6.07) is 4.57. The van der Waals surface area contributed by atoms with E-state index < -0.39 is 5.60 Å². The Morgan fingerprint density at radius 1 is 1.29 bits per heavy atom. The minimum atomic E-state index is -0.521. The molecule has 1 N–H and O–H groups in total.